The maximum atomic E-state index is 11.7. The summed E-state index contributed by atoms with van der Waals surface area (Å²) in [4.78, 5) is 19.9. The van der Waals surface area contributed by atoms with Gasteiger partial charge in [0.25, 0.3) is 0 Å². The van der Waals surface area contributed by atoms with Gasteiger partial charge in [-0.1, -0.05) is 30.3 Å². The van der Waals surface area contributed by atoms with Crippen molar-refractivity contribution in [3.63, 3.8) is 0 Å². The Hall–Kier alpha value is -2.23. The lowest BCUT2D eigenvalue weighted by molar-refractivity contribution is -0.121. The Morgan fingerprint density at radius 2 is 2.00 bits per heavy atom. The minimum Gasteiger partial charge on any atom is -0.350 e. The van der Waals surface area contributed by atoms with E-state index in [2.05, 4.69) is 27.4 Å². The third-order valence-corrected chi connectivity index (χ3v) is 3.04. The Morgan fingerprint density at radius 1 is 1.20 bits per heavy atom. The molecular weight excluding hydrogens is 250 g/mol. The predicted molar refractivity (Wildman–Crippen MR) is 78.0 cm³/mol. The summed E-state index contributed by atoms with van der Waals surface area (Å²) in [5.74, 6) is 0.0668. The zero-order valence-electron chi connectivity index (χ0n) is 11.7. The van der Waals surface area contributed by atoms with Crippen molar-refractivity contribution in [2.24, 2.45) is 0 Å². The Labute approximate surface area is 119 Å². The van der Waals surface area contributed by atoms with Gasteiger partial charge in [-0.05, 0) is 31.4 Å². The Balaban J connectivity index is 1.68. The van der Waals surface area contributed by atoms with Gasteiger partial charge < -0.3 is 5.32 Å². The van der Waals surface area contributed by atoms with Crippen LogP contribution in [0.25, 0.3) is 0 Å². The second-order valence-corrected chi connectivity index (χ2v) is 4.77. The van der Waals surface area contributed by atoms with E-state index in [4.69, 9.17) is 0 Å². The van der Waals surface area contributed by atoms with Crippen molar-refractivity contribution in [2.45, 2.75) is 32.7 Å². The fourth-order valence-electron chi connectivity index (χ4n) is 1.98. The molecule has 104 valence electrons. The van der Waals surface area contributed by atoms with Crippen LogP contribution in [0.3, 0.4) is 0 Å². The predicted octanol–water partition coefficient (Wildman–Crippen LogP) is 2.42. The molecule has 1 amide bonds. The summed E-state index contributed by atoms with van der Waals surface area (Å²) < 4.78 is 0. The van der Waals surface area contributed by atoms with Gasteiger partial charge in [0.15, 0.2) is 0 Å². The molecule has 0 aliphatic heterocycles. The summed E-state index contributed by atoms with van der Waals surface area (Å²) in [5, 5.41) is 2.88. The molecule has 0 fully saturated rings. The lowest BCUT2D eigenvalue weighted by Crippen LogP contribution is -2.23. The van der Waals surface area contributed by atoms with E-state index < -0.39 is 0 Å². The molecule has 0 aliphatic rings. The Kier molecular flexibility index (Phi) is 5.24. The number of aromatic nitrogens is 2. The van der Waals surface area contributed by atoms with Gasteiger partial charge in [-0.2, -0.15) is 0 Å². The maximum absolute atomic E-state index is 11.7. The van der Waals surface area contributed by atoms with E-state index in [1.807, 2.05) is 31.2 Å². The largest absolute Gasteiger partial charge is 0.350 e. The first-order valence-electron chi connectivity index (χ1n) is 6.82. The van der Waals surface area contributed by atoms with E-state index in [9.17, 15) is 4.79 Å². The molecule has 1 aromatic heterocycles. The van der Waals surface area contributed by atoms with Crippen molar-refractivity contribution in [3.8, 4) is 0 Å². The summed E-state index contributed by atoms with van der Waals surface area (Å²) in [6.07, 6.45) is 3.85. The highest BCUT2D eigenvalue weighted by atomic mass is 16.1. The molecule has 0 saturated carbocycles. The van der Waals surface area contributed by atoms with E-state index in [0.29, 0.717) is 13.0 Å². The fraction of sp³-hybridized carbons (Fsp3) is 0.312. The van der Waals surface area contributed by atoms with Gasteiger partial charge in [0.05, 0.1) is 12.2 Å². The van der Waals surface area contributed by atoms with Crippen LogP contribution in [-0.4, -0.2) is 15.9 Å². The number of benzene rings is 1. The Morgan fingerprint density at radius 3 is 2.75 bits per heavy atom. The zero-order valence-corrected chi connectivity index (χ0v) is 11.7. The molecule has 2 aromatic rings. The second kappa shape index (κ2) is 7.38. The highest BCUT2D eigenvalue weighted by molar-refractivity contribution is 5.75. The molecule has 20 heavy (non-hydrogen) atoms. The average Bonchev–Trinajstić information content (AvgIpc) is 2.46. The smallest absolute Gasteiger partial charge is 0.220 e. The van der Waals surface area contributed by atoms with Crippen LogP contribution in [0, 0.1) is 6.92 Å². The van der Waals surface area contributed by atoms with Crippen LogP contribution in [0.15, 0.2) is 42.7 Å². The van der Waals surface area contributed by atoms with Crippen molar-refractivity contribution in [1.82, 2.24) is 15.3 Å². The van der Waals surface area contributed by atoms with Gasteiger partial charge in [0.2, 0.25) is 5.91 Å². The minimum atomic E-state index is 0.0668. The number of rotatable bonds is 6. The molecule has 0 spiro atoms. The average molecular weight is 269 g/mol. The van der Waals surface area contributed by atoms with Crippen LogP contribution in [-0.2, 0) is 17.8 Å². The van der Waals surface area contributed by atoms with Crippen molar-refractivity contribution < 1.29 is 4.79 Å². The monoisotopic (exact) mass is 269 g/mol. The number of hydrogen-bond donors (Lipinski definition) is 1. The number of nitrogens with one attached hydrogen (secondary N) is 1. The van der Waals surface area contributed by atoms with Crippen molar-refractivity contribution in [2.75, 3.05) is 0 Å². The second-order valence-electron chi connectivity index (χ2n) is 4.77. The summed E-state index contributed by atoms with van der Waals surface area (Å²) in [5.41, 5.74) is 3.02. The van der Waals surface area contributed by atoms with Crippen molar-refractivity contribution in [1.29, 1.82) is 0 Å². The molecule has 1 heterocycles. The van der Waals surface area contributed by atoms with Crippen LogP contribution < -0.4 is 5.32 Å². The van der Waals surface area contributed by atoms with Gasteiger partial charge >= 0.3 is 0 Å². The van der Waals surface area contributed by atoms with Crippen LogP contribution in [0.5, 0.6) is 0 Å². The normalized spacial score (nSPS) is 10.2. The standard InChI is InChI=1S/C16H19N3O/c1-13-10-15(19-12-18-13)11-17-16(20)9-5-8-14-6-3-2-4-7-14/h2-4,6-7,10,12H,5,8-9,11H2,1H3,(H,17,20). The van der Waals surface area contributed by atoms with Gasteiger partial charge in [0, 0.05) is 12.1 Å². The lowest BCUT2D eigenvalue weighted by Gasteiger charge is -2.05. The van der Waals surface area contributed by atoms with Crippen LogP contribution in [0.4, 0.5) is 0 Å². The summed E-state index contributed by atoms with van der Waals surface area (Å²) in [7, 11) is 0. The molecule has 0 radical (unpaired) electrons. The summed E-state index contributed by atoms with van der Waals surface area (Å²) >= 11 is 0. The van der Waals surface area contributed by atoms with Gasteiger partial charge in [-0.25, -0.2) is 9.97 Å². The van der Waals surface area contributed by atoms with Crippen molar-refractivity contribution in [3.05, 3.63) is 59.7 Å². The first kappa shape index (κ1) is 14.2. The van der Waals surface area contributed by atoms with Crippen LogP contribution in [0.2, 0.25) is 0 Å². The molecule has 0 aliphatic carbocycles. The highest BCUT2D eigenvalue weighted by Crippen LogP contribution is 2.04. The number of hydrogen-bond acceptors (Lipinski definition) is 3. The molecule has 0 atom stereocenters. The van der Waals surface area contributed by atoms with E-state index in [1.165, 1.54) is 11.9 Å². The topological polar surface area (TPSA) is 54.9 Å². The third kappa shape index (κ3) is 4.80. The van der Waals surface area contributed by atoms with E-state index >= 15 is 0 Å². The zero-order chi connectivity index (χ0) is 14.2. The summed E-state index contributed by atoms with van der Waals surface area (Å²) in [6, 6.07) is 12.1. The number of carbonyl (C=O) groups is 1. The van der Waals surface area contributed by atoms with Gasteiger partial charge in [-0.3, -0.25) is 4.79 Å². The van der Waals surface area contributed by atoms with E-state index in [0.717, 1.165) is 24.2 Å². The number of aryl methyl sites for hydroxylation is 2. The van der Waals surface area contributed by atoms with Crippen LogP contribution >= 0.6 is 0 Å². The van der Waals surface area contributed by atoms with Gasteiger partial charge in [0.1, 0.15) is 6.33 Å². The van der Waals surface area contributed by atoms with E-state index in [1.54, 1.807) is 0 Å². The Bertz CT molecular complexity index is 555. The number of amides is 1. The molecule has 4 nitrogen and oxygen atoms in total. The van der Waals surface area contributed by atoms with Crippen LogP contribution in [0.1, 0.15) is 29.8 Å². The molecular formula is C16H19N3O. The number of nitrogens with zero attached hydrogens (tertiary/aromatic N) is 2. The first-order chi connectivity index (χ1) is 9.74. The molecule has 0 saturated heterocycles. The fourth-order valence-corrected chi connectivity index (χ4v) is 1.98. The summed E-state index contributed by atoms with van der Waals surface area (Å²) in [6.45, 7) is 2.38. The third-order valence-electron chi connectivity index (χ3n) is 3.04. The lowest BCUT2D eigenvalue weighted by atomic mass is 10.1. The molecule has 1 aromatic carbocycles. The van der Waals surface area contributed by atoms with E-state index in [-0.39, 0.29) is 5.91 Å². The minimum absolute atomic E-state index is 0.0668. The van der Waals surface area contributed by atoms with Crippen molar-refractivity contribution >= 4 is 5.91 Å². The van der Waals surface area contributed by atoms with Gasteiger partial charge in [-0.15, -0.1) is 0 Å². The first-order valence-corrected chi connectivity index (χ1v) is 6.82. The SMILES string of the molecule is Cc1cc(CNC(=O)CCCc2ccccc2)ncn1. The number of carbonyl (C=O) groups excluding carboxylic acids is 1. The molecule has 1 N–H and O–H groups in total. The molecule has 4 heteroatoms. The molecule has 2 rings (SSSR count). The molecule has 0 bridgehead atoms. The quantitative estimate of drug-likeness (QED) is 0.876. The highest BCUT2D eigenvalue weighted by Gasteiger charge is 2.02. The molecule has 0 unspecified atom stereocenters. The maximum Gasteiger partial charge on any atom is 0.220 e.